The van der Waals surface area contributed by atoms with Gasteiger partial charge in [0.05, 0.1) is 12.8 Å². The van der Waals surface area contributed by atoms with Gasteiger partial charge in [-0.25, -0.2) is 13.4 Å². The van der Waals surface area contributed by atoms with Crippen molar-refractivity contribution in [1.82, 2.24) is 4.98 Å². The number of methoxy groups -OCH3 is 1. The summed E-state index contributed by atoms with van der Waals surface area (Å²) in [5, 5.41) is 0. The molecule has 106 valence electrons. The van der Waals surface area contributed by atoms with Crippen LogP contribution in [0.2, 0.25) is 0 Å². The molecule has 1 aromatic carbocycles. The number of hydrogen-bond donors (Lipinski definition) is 1. The summed E-state index contributed by atoms with van der Waals surface area (Å²) in [4.78, 5) is 3.88. The Morgan fingerprint density at radius 1 is 1.25 bits per heavy atom. The SMILES string of the molecule is COc1cccc(N(C)S(=O)(=O)c2ccc(N)nc2)c1. The fraction of sp³-hybridized carbons (Fsp3) is 0.154. The van der Waals surface area contributed by atoms with E-state index in [9.17, 15) is 8.42 Å². The summed E-state index contributed by atoms with van der Waals surface area (Å²) in [5.41, 5.74) is 5.96. The van der Waals surface area contributed by atoms with Gasteiger partial charge in [-0.05, 0) is 24.3 Å². The number of sulfonamides is 1. The third kappa shape index (κ3) is 2.67. The van der Waals surface area contributed by atoms with E-state index in [1.165, 1.54) is 36.8 Å². The van der Waals surface area contributed by atoms with E-state index in [1.807, 2.05) is 0 Å². The summed E-state index contributed by atoms with van der Waals surface area (Å²) >= 11 is 0. The first-order valence-electron chi connectivity index (χ1n) is 5.79. The number of nitrogens with zero attached hydrogens (tertiary/aromatic N) is 2. The standard InChI is InChI=1S/C13H15N3O3S/c1-16(10-4-3-5-11(8-10)19-2)20(17,18)12-6-7-13(14)15-9-12/h3-9H,1-2H3,(H2,14,15). The predicted molar refractivity (Wildman–Crippen MR) is 77.2 cm³/mol. The van der Waals surface area contributed by atoms with E-state index in [2.05, 4.69) is 4.98 Å². The van der Waals surface area contributed by atoms with E-state index in [4.69, 9.17) is 10.5 Å². The van der Waals surface area contributed by atoms with E-state index in [-0.39, 0.29) is 10.7 Å². The minimum Gasteiger partial charge on any atom is -0.497 e. The van der Waals surface area contributed by atoms with Gasteiger partial charge in [0.25, 0.3) is 10.0 Å². The van der Waals surface area contributed by atoms with Crippen LogP contribution in [-0.2, 0) is 10.0 Å². The summed E-state index contributed by atoms with van der Waals surface area (Å²) < 4.78 is 31.2. The molecule has 0 spiro atoms. The molecule has 0 aliphatic carbocycles. The maximum absolute atomic E-state index is 12.4. The van der Waals surface area contributed by atoms with Gasteiger partial charge in [-0.15, -0.1) is 0 Å². The average molecular weight is 293 g/mol. The van der Waals surface area contributed by atoms with Crippen LogP contribution >= 0.6 is 0 Å². The second-order valence-electron chi connectivity index (χ2n) is 4.09. The average Bonchev–Trinajstić information content (AvgIpc) is 2.47. The lowest BCUT2D eigenvalue weighted by atomic mass is 10.3. The van der Waals surface area contributed by atoms with Crippen LogP contribution in [0.1, 0.15) is 0 Å². The fourth-order valence-electron chi connectivity index (χ4n) is 1.65. The van der Waals surface area contributed by atoms with Crippen molar-refractivity contribution < 1.29 is 13.2 Å². The molecular formula is C13H15N3O3S. The van der Waals surface area contributed by atoms with Gasteiger partial charge < -0.3 is 10.5 Å². The number of nitrogens with two attached hydrogens (primary N) is 1. The Bertz CT molecular complexity index is 699. The summed E-state index contributed by atoms with van der Waals surface area (Å²) in [6.07, 6.45) is 1.24. The van der Waals surface area contributed by atoms with Crippen LogP contribution in [0.15, 0.2) is 47.5 Å². The normalized spacial score (nSPS) is 11.1. The Morgan fingerprint density at radius 3 is 2.60 bits per heavy atom. The molecule has 0 unspecified atom stereocenters. The Labute approximate surface area is 117 Å². The minimum atomic E-state index is -3.67. The number of ether oxygens (including phenoxy) is 1. The third-order valence-electron chi connectivity index (χ3n) is 2.83. The van der Waals surface area contributed by atoms with Crippen LogP contribution in [0.25, 0.3) is 0 Å². The number of anilines is 2. The fourth-order valence-corrected chi connectivity index (χ4v) is 2.78. The van der Waals surface area contributed by atoms with Crippen molar-refractivity contribution in [1.29, 1.82) is 0 Å². The van der Waals surface area contributed by atoms with Crippen molar-refractivity contribution in [2.75, 3.05) is 24.2 Å². The lowest BCUT2D eigenvalue weighted by Crippen LogP contribution is -2.26. The number of nitrogen functional groups attached to an aromatic ring is 1. The van der Waals surface area contributed by atoms with Gasteiger partial charge in [-0.2, -0.15) is 0 Å². The summed E-state index contributed by atoms with van der Waals surface area (Å²) in [6.45, 7) is 0. The second-order valence-corrected chi connectivity index (χ2v) is 6.06. The molecule has 20 heavy (non-hydrogen) atoms. The first-order valence-corrected chi connectivity index (χ1v) is 7.23. The van der Waals surface area contributed by atoms with E-state index in [0.29, 0.717) is 11.4 Å². The van der Waals surface area contributed by atoms with Crippen molar-refractivity contribution in [3.8, 4) is 5.75 Å². The second kappa shape index (κ2) is 5.38. The molecule has 1 heterocycles. The zero-order valence-electron chi connectivity index (χ0n) is 11.1. The Kier molecular flexibility index (Phi) is 3.80. The van der Waals surface area contributed by atoms with Gasteiger partial charge in [-0.3, -0.25) is 4.31 Å². The molecule has 0 amide bonds. The summed E-state index contributed by atoms with van der Waals surface area (Å²) in [6, 6.07) is 9.67. The molecule has 0 aliphatic rings. The van der Waals surface area contributed by atoms with Crippen LogP contribution in [-0.4, -0.2) is 27.6 Å². The van der Waals surface area contributed by atoms with Crippen molar-refractivity contribution in [3.05, 3.63) is 42.6 Å². The lowest BCUT2D eigenvalue weighted by molar-refractivity contribution is 0.415. The van der Waals surface area contributed by atoms with Gasteiger partial charge >= 0.3 is 0 Å². The molecule has 1 aromatic heterocycles. The summed E-state index contributed by atoms with van der Waals surface area (Å²) in [7, 11) is -0.676. The van der Waals surface area contributed by atoms with Gasteiger partial charge in [-0.1, -0.05) is 6.07 Å². The van der Waals surface area contributed by atoms with Gasteiger partial charge in [0.15, 0.2) is 0 Å². The topological polar surface area (TPSA) is 85.5 Å². The number of rotatable bonds is 4. The largest absolute Gasteiger partial charge is 0.497 e. The zero-order chi connectivity index (χ0) is 14.8. The van der Waals surface area contributed by atoms with Gasteiger partial charge in [0, 0.05) is 19.3 Å². The highest BCUT2D eigenvalue weighted by molar-refractivity contribution is 7.92. The number of benzene rings is 1. The molecule has 7 heteroatoms. The van der Waals surface area contributed by atoms with Crippen LogP contribution < -0.4 is 14.8 Å². The number of hydrogen-bond acceptors (Lipinski definition) is 5. The molecule has 2 aromatic rings. The molecular weight excluding hydrogens is 278 g/mol. The van der Waals surface area contributed by atoms with Crippen molar-refractivity contribution in [3.63, 3.8) is 0 Å². The molecule has 0 radical (unpaired) electrons. The van der Waals surface area contributed by atoms with Crippen LogP contribution in [0.4, 0.5) is 11.5 Å². The maximum atomic E-state index is 12.4. The molecule has 0 atom stereocenters. The van der Waals surface area contributed by atoms with Crippen LogP contribution in [0, 0.1) is 0 Å². The third-order valence-corrected chi connectivity index (χ3v) is 4.60. The molecule has 6 nitrogen and oxygen atoms in total. The van der Waals surface area contributed by atoms with E-state index < -0.39 is 10.0 Å². The Hall–Kier alpha value is -2.28. The van der Waals surface area contributed by atoms with E-state index in [0.717, 1.165) is 0 Å². The maximum Gasteiger partial charge on any atom is 0.265 e. The first-order chi connectivity index (χ1) is 9.45. The molecule has 0 bridgehead atoms. The van der Waals surface area contributed by atoms with Crippen molar-refractivity contribution in [2.24, 2.45) is 0 Å². The smallest absolute Gasteiger partial charge is 0.265 e. The van der Waals surface area contributed by atoms with Gasteiger partial charge in [0.1, 0.15) is 16.5 Å². The van der Waals surface area contributed by atoms with Crippen LogP contribution in [0.3, 0.4) is 0 Å². The highest BCUT2D eigenvalue weighted by Gasteiger charge is 2.21. The summed E-state index contributed by atoms with van der Waals surface area (Å²) in [5.74, 6) is 0.855. The minimum absolute atomic E-state index is 0.0806. The molecule has 0 aliphatic heterocycles. The molecule has 0 saturated carbocycles. The Balaban J connectivity index is 2.40. The predicted octanol–water partition coefficient (Wildman–Crippen LogP) is 1.50. The molecule has 0 fully saturated rings. The highest BCUT2D eigenvalue weighted by atomic mass is 32.2. The molecule has 2 N–H and O–H groups in total. The number of aromatic nitrogens is 1. The monoisotopic (exact) mass is 293 g/mol. The number of pyridine rings is 1. The first kappa shape index (κ1) is 14.1. The lowest BCUT2D eigenvalue weighted by Gasteiger charge is -2.19. The van der Waals surface area contributed by atoms with Gasteiger partial charge in [0.2, 0.25) is 0 Å². The van der Waals surface area contributed by atoms with E-state index in [1.54, 1.807) is 24.3 Å². The van der Waals surface area contributed by atoms with Crippen LogP contribution in [0.5, 0.6) is 5.75 Å². The quantitative estimate of drug-likeness (QED) is 0.923. The van der Waals surface area contributed by atoms with E-state index >= 15 is 0 Å². The van der Waals surface area contributed by atoms with Crippen molar-refractivity contribution >= 4 is 21.5 Å². The highest BCUT2D eigenvalue weighted by Crippen LogP contribution is 2.25. The zero-order valence-corrected chi connectivity index (χ0v) is 12.0. The Morgan fingerprint density at radius 2 is 2.00 bits per heavy atom. The van der Waals surface area contributed by atoms with Crippen molar-refractivity contribution in [2.45, 2.75) is 4.90 Å². The molecule has 0 saturated heterocycles. The molecule has 2 rings (SSSR count).